The van der Waals surface area contributed by atoms with Crippen molar-refractivity contribution in [1.29, 1.82) is 0 Å². The molecule has 0 saturated carbocycles. The minimum Gasteiger partial charge on any atom is -0.319 e. The van der Waals surface area contributed by atoms with Gasteiger partial charge in [-0.05, 0) is 12.1 Å². The summed E-state index contributed by atoms with van der Waals surface area (Å²) in [6.07, 6.45) is 1.53. The molecule has 0 fully saturated rings. The van der Waals surface area contributed by atoms with Crippen LogP contribution in [0.4, 0.5) is 5.69 Å². The zero-order valence-corrected chi connectivity index (χ0v) is 14.3. The molecule has 3 aromatic rings. The molecule has 0 saturated heterocycles. The van der Waals surface area contributed by atoms with Crippen LogP contribution in [0.1, 0.15) is 10.5 Å². The number of amides is 1. The van der Waals surface area contributed by atoms with Gasteiger partial charge in [0.25, 0.3) is 5.91 Å². The van der Waals surface area contributed by atoms with Crippen molar-refractivity contribution in [2.24, 2.45) is 0 Å². The summed E-state index contributed by atoms with van der Waals surface area (Å²) < 4.78 is 0. The summed E-state index contributed by atoms with van der Waals surface area (Å²) >= 11 is 23.6. The first-order valence-electron chi connectivity index (χ1n) is 6.33. The van der Waals surface area contributed by atoms with Crippen LogP contribution in [-0.4, -0.2) is 15.9 Å². The summed E-state index contributed by atoms with van der Waals surface area (Å²) in [6.45, 7) is 0. The Morgan fingerprint density at radius 1 is 1.00 bits per heavy atom. The zero-order valence-electron chi connectivity index (χ0n) is 11.3. The quantitative estimate of drug-likeness (QED) is 0.592. The molecule has 0 aliphatic carbocycles. The molecule has 23 heavy (non-hydrogen) atoms. The molecule has 3 rings (SSSR count). The van der Waals surface area contributed by atoms with E-state index in [2.05, 4.69) is 15.3 Å². The van der Waals surface area contributed by atoms with Crippen LogP contribution in [0, 0.1) is 0 Å². The number of nitrogens with zero attached hydrogens (tertiary/aromatic N) is 2. The van der Waals surface area contributed by atoms with Gasteiger partial charge in [-0.3, -0.25) is 9.78 Å². The van der Waals surface area contributed by atoms with Crippen molar-refractivity contribution in [3.63, 3.8) is 0 Å². The van der Waals surface area contributed by atoms with Crippen LogP contribution in [-0.2, 0) is 0 Å². The average Bonchev–Trinajstić information content (AvgIpc) is 2.56. The normalized spacial score (nSPS) is 10.8. The van der Waals surface area contributed by atoms with Gasteiger partial charge < -0.3 is 5.32 Å². The number of pyridine rings is 2. The van der Waals surface area contributed by atoms with Gasteiger partial charge in [0.2, 0.25) is 0 Å². The Morgan fingerprint density at radius 3 is 2.52 bits per heavy atom. The van der Waals surface area contributed by atoms with Crippen molar-refractivity contribution in [1.82, 2.24) is 9.97 Å². The molecular weight excluding hydrogens is 380 g/mol. The molecule has 2 heterocycles. The first-order chi connectivity index (χ1) is 11.0. The average molecular weight is 387 g/mol. The second kappa shape index (κ2) is 6.49. The van der Waals surface area contributed by atoms with Crippen LogP contribution in [0.25, 0.3) is 10.9 Å². The van der Waals surface area contributed by atoms with Crippen LogP contribution in [0.5, 0.6) is 0 Å². The number of rotatable bonds is 2. The maximum absolute atomic E-state index is 12.3. The van der Waals surface area contributed by atoms with E-state index in [9.17, 15) is 4.79 Å². The number of carbonyl (C=O) groups is 1. The molecule has 8 heteroatoms. The third-order valence-corrected chi connectivity index (χ3v) is 4.73. The number of aromatic nitrogens is 2. The predicted molar refractivity (Wildman–Crippen MR) is 94.0 cm³/mol. The highest BCUT2D eigenvalue weighted by atomic mass is 35.5. The van der Waals surface area contributed by atoms with Crippen LogP contribution in [0.2, 0.25) is 20.2 Å². The maximum atomic E-state index is 12.3. The van der Waals surface area contributed by atoms with E-state index in [0.717, 1.165) is 10.9 Å². The summed E-state index contributed by atoms with van der Waals surface area (Å²) in [5, 5.41) is 3.37. The van der Waals surface area contributed by atoms with Gasteiger partial charge in [-0.15, -0.1) is 0 Å². The number of fused-ring (bicyclic) bond motifs is 1. The van der Waals surface area contributed by atoms with Crippen molar-refractivity contribution >= 4 is 68.9 Å². The number of halogens is 4. The van der Waals surface area contributed by atoms with Gasteiger partial charge in [0.15, 0.2) is 0 Å². The van der Waals surface area contributed by atoms with E-state index in [1.807, 2.05) is 24.3 Å². The molecule has 2 aromatic heterocycles. The Balaban J connectivity index is 1.94. The minimum atomic E-state index is -0.562. The van der Waals surface area contributed by atoms with Gasteiger partial charge >= 0.3 is 0 Å². The van der Waals surface area contributed by atoms with Gasteiger partial charge in [0, 0.05) is 5.39 Å². The van der Waals surface area contributed by atoms with Gasteiger partial charge in [-0.25, -0.2) is 4.98 Å². The molecular formula is C15H7Cl4N3O. The maximum Gasteiger partial charge on any atom is 0.275 e. The molecule has 116 valence electrons. The van der Waals surface area contributed by atoms with E-state index in [4.69, 9.17) is 46.4 Å². The van der Waals surface area contributed by atoms with E-state index < -0.39 is 5.91 Å². The molecule has 0 spiro atoms. The molecule has 1 aromatic carbocycles. The molecule has 0 unspecified atom stereocenters. The van der Waals surface area contributed by atoms with E-state index in [1.165, 1.54) is 6.20 Å². The lowest BCUT2D eigenvalue weighted by atomic mass is 10.2. The lowest BCUT2D eigenvalue weighted by Crippen LogP contribution is -2.15. The minimum absolute atomic E-state index is 0.00209. The summed E-state index contributed by atoms with van der Waals surface area (Å²) in [7, 11) is 0. The van der Waals surface area contributed by atoms with Crippen molar-refractivity contribution in [2.75, 3.05) is 5.32 Å². The van der Waals surface area contributed by atoms with Crippen LogP contribution < -0.4 is 5.32 Å². The smallest absolute Gasteiger partial charge is 0.275 e. The van der Waals surface area contributed by atoms with Crippen molar-refractivity contribution in [3.8, 4) is 0 Å². The van der Waals surface area contributed by atoms with E-state index >= 15 is 0 Å². The number of anilines is 1. The molecule has 0 radical (unpaired) electrons. The molecule has 1 N–H and O–H groups in total. The zero-order chi connectivity index (χ0) is 16.6. The van der Waals surface area contributed by atoms with Gasteiger partial charge in [0.05, 0.1) is 32.5 Å². The summed E-state index contributed by atoms with van der Waals surface area (Å²) in [5.41, 5.74) is 1.20. The molecule has 4 nitrogen and oxygen atoms in total. The first kappa shape index (κ1) is 16.3. The molecule has 0 bridgehead atoms. The fraction of sp³-hybridized carbons (Fsp3) is 0. The molecule has 0 aliphatic heterocycles. The third-order valence-electron chi connectivity index (χ3n) is 3.05. The first-order valence-corrected chi connectivity index (χ1v) is 7.84. The SMILES string of the molecule is O=C(Nc1cnc2ccccc2c1)c1nc(Cl)c(Cl)c(Cl)c1Cl. The van der Waals surface area contributed by atoms with Crippen molar-refractivity contribution in [3.05, 3.63) is 62.4 Å². The lowest BCUT2D eigenvalue weighted by Gasteiger charge is -2.09. The topological polar surface area (TPSA) is 54.9 Å². The number of para-hydroxylation sites is 1. The van der Waals surface area contributed by atoms with Gasteiger partial charge in [-0.1, -0.05) is 64.6 Å². The predicted octanol–water partition coefficient (Wildman–Crippen LogP) is 5.50. The fourth-order valence-electron chi connectivity index (χ4n) is 1.97. The highest BCUT2D eigenvalue weighted by molar-refractivity contribution is 6.52. The fourth-order valence-corrected chi connectivity index (χ4v) is 2.78. The van der Waals surface area contributed by atoms with Crippen molar-refractivity contribution < 1.29 is 4.79 Å². The third kappa shape index (κ3) is 3.21. The number of hydrogen-bond donors (Lipinski definition) is 1. The van der Waals surface area contributed by atoms with E-state index in [0.29, 0.717) is 5.69 Å². The van der Waals surface area contributed by atoms with Crippen LogP contribution in [0.3, 0.4) is 0 Å². The summed E-state index contributed by atoms with van der Waals surface area (Å²) in [6, 6.07) is 9.31. The Hall–Kier alpha value is -1.59. The van der Waals surface area contributed by atoms with Crippen molar-refractivity contribution in [2.45, 2.75) is 0 Å². The molecule has 1 amide bonds. The second-order valence-electron chi connectivity index (χ2n) is 4.56. The molecule has 0 aliphatic rings. The highest BCUT2D eigenvalue weighted by Crippen LogP contribution is 2.36. The Labute approximate surface area is 151 Å². The Kier molecular flexibility index (Phi) is 4.60. The van der Waals surface area contributed by atoms with Crippen LogP contribution >= 0.6 is 46.4 Å². The number of hydrogen-bond acceptors (Lipinski definition) is 3. The Morgan fingerprint density at radius 2 is 1.74 bits per heavy atom. The summed E-state index contributed by atoms with van der Waals surface area (Å²) in [4.78, 5) is 20.5. The van der Waals surface area contributed by atoms with E-state index in [1.54, 1.807) is 6.07 Å². The number of nitrogens with one attached hydrogen (secondary N) is 1. The highest BCUT2D eigenvalue weighted by Gasteiger charge is 2.20. The largest absolute Gasteiger partial charge is 0.319 e. The number of carbonyl (C=O) groups excluding carboxylic acids is 1. The standard InChI is InChI=1S/C15H7Cl4N3O/c16-10-11(17)13(22-14(19)12(10)18)15(23)21-8-5-7-3-1-2-4-9(7)20-6-8/h1-6H,(H,21,23). The monoisotopic (exact) mass is 385 g/mol. The van der Waals surface area contributed by atoms with Gasteiger partial charge in [0.1, 0.15) is 10.8 Å². The Bertz CT molecular complexity index is 930. The van der Waals surface area contributed by atoms with Gasteiger partial charge in [-0.2, -0.15) is 0 Å². The number of benzene rings is 1. The molecule has 0 atom stereocenters. The van der Waals surface area contributed by atoms with E-state index in [-0.39, 0.29) is 25.9 Å². The lowest BCUT2D eigenvalue weighted by molar-refractivity contribution is 0.102. The second-order valence-corrected chi connectivity index (χ2v) is 6.06. The summed E-state index contributed by atoms with van der Waals surface area (Å²) in [5.74, 6) is -0.562. The van der Waals surface area contributed by atoms with Crippen LogP contribution in [0.15, 0.2) is 36.5 Å².